The number of hydrogen-bond donors (Lipinski definition) is 3. The fourth-order valence-corrected chi connectivity index (χ4v) is 1.75. The van der Waals surface area contributed by atoms with Crippen LogP contribution < -0.4 is 11.1 Å². The van der Waals surface area contributed by atoms with Crippen molar-refractivity contribution in [3.05, 3.63) is 29.8 Å². The first-order chi connectivity index (χ1) is 7.31. The summed E-state index contributed by atoms with van der Waals surface area (Å²) in [4.78, 5) is 0. The zero-order chi connectivity index (χ0) is 10.7. The molecule has 0 heterocycles. The standard InChI is InChI=1S/C12H18N2O/c13-7-9(8-14-10-5-6-10)11-3-1-2-4-12(11)15/h1-4,9-10,14-15H,5-8,13H2. The van der Waals surface area contributed by atoms with Gasteiger partial charge < -0.3 is 16.2 Å². The van der Waals surface area contributed by atoms with Crippen LogP contribution in [0.25, 0.3) is 0 Å². The van der Waals surface area contributed by atoms with Crippen LogP contribution in [0.1, 0.15) is 24.3 Å². The number of nitrogens with two attached hydrogens (primary N) is 1. The summed E-state index contributed by atoms with van der Waals surface area (Å²) in [6.45, 7) is 1.43. The minimum Gasteiger partial charge on any atom is -0.508 e. The van der Waals surface area contributed by atoms with E-state index in [4.69, 9.17) is 5.73 Å². The SMILES string of the molecule is NCC(CNC1CC1)c1ccccc1O. The summed E-state index contributed by atoms with van der Waals surface area (Å²) < 4.78 is 0. The summed E-state index contributed by atoms with van der Waals surface area (Å²) in [6.07, 6.45) is 2.55. The molecule has 3 nitrogen and oxygen atoms in total. The van der Waals surface area contributed by atoms with E-state index in [0.29, 0.717) is 18.3 Å². The van der Waals surface area contributed by atoms with Crippen LogP contribution in [0.15, 0.2) is 24.3 Å². The molecule has 0 bridgehead atoms. The molecule has 0 saturated heterocycles. The van der Waals surface area contributed by atoms with E-state index in [9.17, 15) is 5.11 Å². The van der Waals surface area contributed by atoms with Gasteiger partial charge in [-0.15, -0.1) is 0 Å². The zero-order valence-corrected chi connectivity index (χ0v) is 8.82. The summed E-state index contributed by atoms with van der Waals surface area (Å²) in [7, 11) is 0. The predicted octanol–water partition coefficient (Wildman–Crippen LogP) is 1.19. The maximum atomic E-state index is 9.71. The second-order valence-electron chi connectivity index (χ2n) is 4.17. The van der Waals surface area contributed by atoms with Gasteiger partial charge in [-0.1, -0.05) is 18.2 Å². The van der Waals surface area contributed by atoms with Crippen molar-refractivity contribution in [1.82, 2.24) is 5.32 Å². The monoisotopic (exact) mass is 206 g/mol. The average Bonchev–Trinajstić information content (AvgIpc) is 3.05. The van der Waals surface area contributed by atoms with E-state index in [0.717, 1.165) is 12.1 Å². The molecule has 0 amide bonds. The van der Waals surface area contributed by atoms with E-state index < -0.39 is 0 Å². The van der Waals surface area contributed by atoms with Gasteiger partial charge in [-0.3, -0.25) is 0 Å². The normalized spacial score (nSPS) is 17.7. The average molecular weight is 206 g/mol. The van der Waals surface area contributed by atoms with E-state index in [1.807, 2.05) is 18.2 Å². The molecule has 0 radical (unpaired) electrons. The maximum absolute atomic E-state index is 9.71. The Bertz CT molecular complexity index is 323. The second-order valence-corrected chi connectivity index (χ2v) is 4.17. The molecule has 4 N–H and O–H groups in total. The Morgan fingerprint density at radius 3 is 2.73 bits per heavy atom. The molecule has 1 unspecified atom stereocenters. The number of aromatic hydroxyl groups is 1. The lowest BCUT2D eigenvalue weighted by molar-refractivity contribution is 0.457. The van der Waals surface area contributed by atoms with Crippen molar-refractivity contribution < 1.29 is 5.11 Å². The summed E-state index contributed by atoms with van der Waals surface area (Å²) >= 11 is 0. The highest BCUT2D eigenvalue weighted by Crippen LogP contribution is 2.25. The fraction of sp³-hybridized carbons (Fsp3) is 0.500. The van der Waals surface area contributed by atoms with Crippen LogP contribution in [-0.2, 0) is 0 Å². The first-order valence-electron chi connectivity index (χ1n) is 5.52. The highest BCUT2D eigenvalue weighted by molar-refractivity contribution is 5.35. The number of phenolic OH excluding ortho intramolecular Hbond substituents is 1. The lowest BCUT2D eigenvalue weighted by Crippen LogP contribution is -2.28. The largest absolute Gasteiger partial charge is 0.508 e. The highest BCUT2D eigenvalue weighted by Gasteiger charge is 2.22. The molecule has 1 saturated carbocycles. The molecule has 0 aromatic heterocycles. The Morgan fingerprint density at radius 1 is 1.40 bits per heavy atom. The number of para-hydroxylation sites is 1. The lowest BCUT2D eigenvalue weighted by Gasteiger charge is -2.17. The molecule has 15 heavy (non-hydrogen) atoms. The topological polar surface area (TPSA) is 58.3 Å². The third-order valence-corrected chi connectivity index (χ3v) is 2.89. The molecule has 0 aliphatic heterocycles. The van der Waals surface area contributed by atoms with Crippen LogP contribution >= 0.6 is 0 Å². The van der Waals surface area contributed by atoms with Gasteiger partial charge in [0.05, 0.1) is 0 Å². The van der Waals surface area contributed by atoms with E-state index in [1.54, 1.807) is 6.07 Å². The smallest absolute Gasteiger partial charge is 0.119 e. The third-order valence-electron chi connectivity index (χ3n) is 2.89. The van der Waals surface area contributed by atoms with Gasteiger partial charge in [-0.25, -0.2) is 0 Å². The summed E-state index contributed by atoms with van der Waals surface area (Å²) in [5, 5.41) is 13.2. The minimum atomic E-state index is 0.215. The van der Waals surface area contributed by atoms with Gasteiger partial charge in [-0.2, -0.15) is 0 Å². The molecule has 82 valence electrons. The number of hydrogen-bond acceptors (Lipinski definition) is 3. The van der Waals surface area contributed by atoms with Gasteiger partial charge in [0.1, 0.15) is 5.75 Å². The molecule has 1 aromatic carbocycles. The lowest BCUT2D eigenvalue weighted by atomic mass is 9.98. The van der Waals surface area contributed by atoms with E-state index in [2.05, 4.69) is 5.32 Å². The van der Waals surface area contributed by atoms with Crippen molar-refractivity contribution in [3.8, 4) is 5.75 Å². The minimum absolute atomic E-state index is 0.215. The maximum Gasteiger partial charge on any atom is 0.119 e. The molecule has 1 aliphatic carbocycles. The third kappa shape index (κ3) is 2.70. The molecule has 2 rings (SSSR count). The van der Waals surface area contributed by atoms with Crippen molar-refractivity contribution in [2.24, 2.45) is 5.73 Å². The molecular weight excluding hydrogens is 188 g/mol. The van der Waals surface area contributed by atoms with Crippen molar-refractivity contribution in [3.63, 3.8) is 0 Å². The number of benzene rings is 1. The molecule has 1 aliphatic rings. The van der Waals surface area contributed by atoms with Gasteiger partial charge in [0.15, 0.2) is 0 Å². The van der Waals surface area contributed by atoms with Crippen LogP contribution in [-0.4, -0.2) is 24.2 Å². The molecular formula is C12H18N2O. The van der Waals surface area contributed by atoms with Gasteiger partial charge in [0.25, 0.3) is 0 Å². The molecule has 0 spiro atoms. The Balaban J connectivity index is 2.00. The fourth-order valence-electron chi connectivity index (χ4n) is 1.75. The first kappa shape index (κ1) is 10.5. The van der Waals surface area contributed by atoms with Crippen LogP contribution in [0.2, 0.25) is 0 Å². The van der Waals surface area contributed by atoms with E-state index in [1.165, 1.54) is 12.8 Å². The van der Waals surface area contributed by atoms with Crippen LogP contribution in [0.3, 0.4) is 0 Å². The Hall–Kier alpha value is -1.06. The van der Waals surface area contributed by atoms with Crippen molar-refractivity contribution in [2.75, 3.05) is 13.1 Å². The number of phenols is 1. The predicted molar refractivity (Wildman–Crippen MR) is 60.9 cm³/mol. The van der Waals surface area contributed by atoms with Crippen LogP contribution in [0.4, 0.5) is 0 Å². The summed E-state index contributed by atoms with van der Waals surface area (Å²) in [5.41, 5.74) is 6.68. The Labute approximate surface area is 90.3 Å². The highest BCUT2D eigenvalue weighted by atomic mass is 16.3. The molecule has 1 atom stereocenters. The first-order valence-corrected chi connectivity index (χ1v) is 5.52. The molecule has 3 heteroatoms. The molecule has 1 fully saturated rings. The zero-order valence-electron chi connectivity index (χ0n) is 8.82. The van der Waals surface area contributed by atoms with Gasteiger partial charge in [0, 0.05) is 25.0 Å². The molecule has 1 aromatic rings. The Morgan fingerprint density at radius 2 is 2.13 bits per heavy atom. The Kier molecular flexibility index (Phi) is 3.23. The van der Waals surface area contributed by atoms with Crippen molar-refractivity contribution in [2.45, 2.75) is 24.8 Å². The summed E-state index contributed by atoms with van der Waals surface area (Å²) in [5.74, 6) is 0.567. The van der Waals surface area contributed by atoms with Crippen molar-refractivity contribution in [1.29, 1.82) is 0 Å². The van der Waals surface area contributed by atoms with E-state index in [-0.39, 0.29) is 5.92 Å². The van der Waals surface area contributed by atoms with Crippen molar-refractivity contribution >= 4 is 0 Å². The van der Waals surface area contributed by atoms with Crippen LogP contribution in [0.5, 0.6) is 5.75 Å². The van der Waals surface area contributed by atoms with Crippen LogP contribution in [0, 0.1) is 0 Å². The quantitative estimate of drug-likeness (QED) is 0.678. The van der Waals surface area contributed by atoms with Gasteiger partial charge in [-0.05, 0) is 24.5 Å². The van der Waals surface area contributed by atoms with E-state index >= 15 is 0 Å². The number of rotatable bonds is 5. The van der Waals surface area contributed by atoms with Gasteiger partial charge >= 0.3 is 0 Å². The summed E-state index contributed by atoms with van der Waals surface area (Å²) in [6, 6.07) is 8.12. The number of nitrogens with one attached hydrogen (secondary N) is 1. The van der Waals surface area contributed by atoms with Gasteiger partial charge in [0.2, 0.25) is 0 Å². The second kappa shape index (κ2) is 4.64.